The molecular weight excluding hydrogens is 458 g/mol. The first kappa shape index (κ1) is 23.0. The zero-order valence-electron chi connectivity index (χ0n) is 20.4. The summed E-state index contributed by atoms with van der Waals surface area (Å²) >= 11 is 1.50. The molecule has 3 heterocycles. The summed E-state index contributed by atoms with van der Waals surface area (Å²) in [7, 11) is 1.54. The number of methoxy groups -OCH3 is 1. The maximum atomic E-state index is 12.7. The van der Waals surface area contributed by atoms with Crippen molar-refractivity contribution < 1.29 is 19.4 Å². The van der Waals surface area contributed by atoms with Gasteiger partial charge in [0.25, 0.3) is 0 Å². The highest BCUT2D eigenvalue weighted by Gasteiger charge is 2.33. The first-order valence-corrected chi connectivity index (χ1v) is 12.3. The number of nitrogens with one attached hydrogen (secondary N) is 1. The van der Waals surface area contributed by atoms with E-state index in [9.17, 15) is 9.90 Å². The van der Waals surface area contributed by atoms with Gasteiger partial charge in [-0.05, 0) is 75.1 Å². The molecule has 0 spiro atoms. The minimum Gasteiger partial charge on any atom is -0.504 e. The van der Waals surface area contributed by atoms with Gasteiger partial charge in [0, 0.05) is 32.8 Å². The molecule has 3 aromatic rings. The summed E-state index contributed by atoms with van der Waals surface area (Å²) in [5.74, 6) is 1.60. The van der Waals surface area contributed by atoms with Crippen LogP contribution in [0.1, 0.15) is 54.1 Å². The van der Waals surface area contributed by atoms with Crippen LogP contribution in [0.3, 0.4) is 0 Å². The molecule has 35 heavy (non-hydrogen) atoms. The first-order chi connectivity index (χ1) is 16.7. The van der Waals surface area contributed by atoms with Crippen molar-refractivity contribution in [1.82, 2.24) is 0 Å². The third-order valence-electron chi connectivity index (χ3n) is 6.21. The third kappa shape index (κ3) is 3.84. The van der Waals surface area contributed by atoms with Gasteiger partial charge in [0.05, 0.1) is 18.2 Å². The Hall–Kier alpha value is -3.77. The predicted molar refractivity (Wildman–Crippen MR) is 143 cm³/mol. The molecule has 0 fully saturated rings. The smallest absolute Gasteiger partial charge is 0.186 e. The number of rotatable bonds is 4. The van der Waals surface area contributed by atoms with E-state index in [1.807, 2.05) is 30.5 Å². The van der Waals surface area contributed by atoms with E-state index in [-0.39, 0.29) is 17.1 Å². The van der Waals surface area contributed by atoms with Crippen LogP contribution in [-0.4, -0.2) is 23.5 Å². The summed E-state index contributed by atoms with van der Waals surface area (Å²) in [5, 5.41) is 16.0. The van der Waals surface area contributed by atoms with Crippen LogP contribution in [0.4, 0.5) is 5.69 Å². The number of hydrogen-bond acceptors (Lipinski definition) is 6. The monoisotopic (exact) mass is 485 g/mol. The fourth-order valence-electron chi connectivity index (χ4n) is 4.95. The zero-order chi connectivity index (χ0) is 24.9. The molecule has 0 saturated carbocycles. The van der Waals surface area contributed by atoms with Crippen LogP contribution in [0.2, 0.25) is 0 Å². The molecule has 0 amide bonds. The summed E-state index contributed by atoms with van der Waals surface area (Å²) in [6, 6.07) is 9.25. The molecule has 2 aromatic carbocycles. The normalized spacial score (nSPS) is 16.6. The van der Waals surface area contributed by atoms with Gasteiger partial charge in [0.15, 0.2) is 17.3 Å². The number of phenols is 1. The number of ether oxygens (including phenoxy) is 2. The van der Waals surface area contributed by atoms with Gasteiger partial charge in [-0.3, -0.25) is 4.79 Å². The van der Waals surface area contributed by atoms with Gasteiger partial charge in [-0.15, -0.1) is 11.3 Å². The maximum absolute atomic E-state index is 12.7. The van der Waals surface area contributed by atoms with E-state index in [0.29, 0.717) is 28.4 Å². The van der Waals surface area contributed by atoms with Crippen LogP contribution in [0.25, 0.3) is 28.5 Å². The molecule has 0 unspecified atom stereocenters. The number of ketones is 1. The van der Waals surface area contributed by atoms with Crippen molar-refractivity contribution in [3.63, 3.8) is 0 Å². The lowest BCUT2D eigenvalue weighted by Gasteiger charge is -2.35. The van der Waals surface area contributed by atoms with Crippen LogP contribution in [0.15, 0.2) is 53.9 Å². The van der Waals surface area contributed by atoms with E-state index < -0.39 is 0 Å². The standard InChI is InChI=1S/C29H27NO4S/c1-6-7-20(31)17-12-13-35-24(17)14-23-26-18(27-22(34-23)11-10-21(32)28(27)33-5)8-9-19-25(26)16(2)15-29(3,4)30-19/h6-15,30,32H,1-5H3/b7-6+,23-14-. The Morgan fingerprint density at radius 2 is 1.94 bits per heavy atom. The number of phenolic OH excluding ortho intramolecular Hbond substituents is 1. The number of anilines is 1. The second kappa shape index (κ2) is 8.47. The number of thiophene rings is 1. The second-order valence-electron chi connectivity index (χ2n) is 9.25. The number of benzene rings is 2. The molecule has 5 nitrogen and oxygen atoms in total. The Labute approximate surface area is 209 Å². The fourth-order valence-corrected chi connectivity index (χ4v) is 5.77. The van der Waals surface area contributed by atoms with Gasteiger partial charge in [0.2, 0.25) is 0 Å². The summed E-state index contributed by atoms with van der Waals surface area (Å²) in [4.78, 5) is 13.5. The minimum absolute atomic E-state index is 0.0433. The summed E-state index contributed by atoms with van der Waals surface area (Å²) < 4.78 is 12.1. The summed E-state index contributed by atoms with van der Waals surface area (Å²) in [6.45, 7) is 8.19. The van der Waals surface area contributed by atoms with Gasteiger partial charge in [-0.25, -0.2) is 0 Å². The Morgan fingerprint density at radius 3 is 2.69 bits per heavy atom. The lowest BCUT2D eigenvalue weighted by molar-refractivity contribution is 0.104. The van der Waals surface area contributed by atoms with E-state index in [4.69, 9.17) is 9.47 Å². The Morgan fingerprint density at radius 1 is 1.14 bits per heavy atom. The number of hydrogen-bond donors (Lipinski definition) is 2. The first-order valence-electron chi connectivity index (χ1n) is 11.4. The summed E-state index contributed by atoms with van der Waals surface area (Å²) in [5.41, 5.74) is 6.09. The minimum atomic E-state index is -0.196. The van der Waals surface area contributed by atoms with E-state index in [0.717, 1.165) is 32.8 Å². The molecule has 5 rings (SSSR count). The quantitative estimate of drug-likeness (QED) is 0.298. The average molecular weight is 486 g/mol. The lowest BCUT2D eigenvalue weighted by atomic mass is 9.83. The fraction of sp³-hybridized carbons (Fsp3) is 0.207. The van der Waals surface area contributed by atoms with Crippen LogP contribution in [-0.2, 0) is 0 Å². The predicted octanol–water partition coefficient (Wildman–Crippen LogP) is 7.39. The highest BCUT2D eigenvalue weighted by molar-refractivity contribution is 7.11. The Balaban J connectivity index is 1.81. The number of carbonyl (C=O) groups excluding carboxylic acids is 1. The van der Waals surface area contributed by atoms with Crippen molar-refractivity contribution in [2.24, 2.45) is 0 Å². The van der Waals surface area contributed by atoms with Crippen molar-refractivity contribution in [2.45, 2.75) is 33.2 Å². The molecule has 0 aliphatic carbocycles. The van der Waals surface area contributed by atoms with Gasteiger partial charge in [0.1, 0.15) is 11.5 Å². The molecule has 0 radical (unpaired) electrons. The SMILES string of the molecule is C/C=C/C(=O)c1ccsc1/C=C1\Oc2ccc(O)c(OC)c2-c2ccc3c(c21)C(C)=CC(C)(C)N3. The van der Waals surface area contributed by atoms with E-state index in [2.05, 4.69) is 38.2 Å². The highest BCUT2D eigenvalue weighted by atomic mass is 32.1. The van der Waals surface area contributed by atoms with E-state index in [1.54, 1.807) is 31.4 Å². The Kier molecular flexibility index (Phi) is 5.56. The molecule has 178 valence electrons. The highest BCUT2D eigenvalue weighted by Crippen LogP contribution is 2.54. The zero-order valence-corrected chi connectivity index (χ0v) is 21.2. The molecule has 0 atom stereocenters. The molecule has 2 aliphatic heterocycles. The molecule has 6 heteroatoms. The molecule has 1 aromatic heterocycles. The number of aromatic hydroxyl groups is 1. The second-order valence-corrected chi connectivity index (χ2v) is 10.2. The van der Waals surface area contributed by atoms with Crippen LogP contribution in [0.5, 0.6) is 17.2 Å². The van der Waals surface area contributed by atoms with E-state index >= 15 is 0 Å². The number of fused-ring (bicyclic) bond motifs is 5. The molecular formula is C29H27NO4S. The van der Waals surface area contributed by atoms with Crippen LogP contribution < -0.4 is 14.8 Å². The number of carbonyl (C=O) groups is 1. The van der Waals surface area contributed by atoms with Gasteiger partial charge < -0.3 is 19.9 Å². The van der Waals surface area contributed by atoms with Crippen LogP contribution >= 0.6 is 11.3 Å². The van der Waals surface area contributed by atoms with Gasteiger partial charge >= 0.3 is 0 Å². The van der Waals surface area contributed by atoms with Crippen molar-refractivity contribution in [1.29, 1.82) is 0 Å². The molecule has 0 saturated heterocycles. The van der Waals surface area contributed by atoms with Crippen molar-refractivity contribution >= 4 is 40.2 Å². The number of allylic oxidation sites excluding steroid dienone is 3. The molecule has 0 bridgehead atoms. The van der Waals surface area contributed by atoms with E-state index in [1.165, 1.54) is 11.3 Å². The summed E-state index contributed by atoms with van der Waals surface area (Å²) in [6.07, 6.45) is 7.46. The third-order valence-corrected chi connectivity index (χ3v) is 7.08. The van der Waals surface area contributed by atoms with Crippen molar-refractivity contribution in [3.8, 4) is 28.4 Å². The average Bonchev–Trinajstić information content (AvgIpc) is 3.26. The van der Waals surface area contributed by atoms with Crippen molar-refractivity contribution in [2.75, 3.05) is 12.4 Å². The van der Waals surface area contributed by atoms with Crippen molar-refractivity contribution in [3.05, 3.63) is 75.5 Å². The largest absolute Gasteiger partial charge is 0.504 e. The maximum Gasteiger partial charge on any atom is 0.186 e. The van der Waals surface area contributed by atoms with Gasteiger partial charge in [-0.1, -0.05) is 18.2 Å². The topological polar surface area (TPSA) is 67.8 Å². The Bertz CT molecular complexity index is 1460. The molecule has 2 aliphatic rings. The lowest BCUT2D eigenvalue weighted by Crippen LogP contribution is -2.32. The molecule has 2 N–H and O–H groups in total. The van der Waals surface area contributed by atoms with Gasteiger partial charge in [-0.2, -0.15) is 0 Å². The van der Waals surface area contributed by atoms with Crippen LogP contribution in [0, 0.1) is 0 Å².